The van der Waals surface area contributed by atoms with Gasteiger partial charge in [0.2, 0.25) is 0 Å². The van der Waals surface area contributed by atoms with Crippen LogP contribution in [0.15, 0.2) is 15.5 Å². The summed E-state index contributed by atoms with van der Waals surface area (Å²) in [6.07, 6.45) is 2.54. The Labute approximate surface area is 119 Å². The predicted octanol–water partition coefficient (Wildman–Crippen LogP) is 0.978. The van der Waals surface area contributed by atoms with Gasteiger partial charge in [-0.2, -0.15) is 5.10 Å². The van der Waals surface area contributed by atoms with Crippen molar-refractivity contribution in [2.75, 3.05) is 18.5 Å². The van der Waals surface area contributed by atoms with E-state index in [0.717, 1.165) is 6.42 Å². The molecule has 2 atom stereocenters. The van der Waals surface area contributed by atoms with E-state index in [-0.39, 0.29) is 30.4 Å². The molecule has 1 aliphatic rings. The summed E-state index contributed by atoms with van der Waals surface area (Å²) in [6.45, 7) is 4.85. The van der Waals surface area contributed by atoms with Crippen molar-refractivity contribution in [1.29, 1.82) is 0 Å². The Morgan fingerprint density at radius 1 is 1.74 bits per heavy atom. The van der Waals surface area contributed by atoms with E-state index in [1.807, 2.05) is 6.92 Å². The van der Waals surface area contributed by atoms with E-state index >= 15 is 0 Å². The maximum absolute atomic E-state index is 12.0. The number of nitrogens with zero attached hydrogens (tertiary/aromatic N) is 2. The third kappa shape index (κ3) is 2.82. The van der Waals surface area contributed by atoms with Crippen LogP contribution in [-0.2, 0) is 11.3 Å². The van der Waals surface area contributed by atoms with Gasteiger partial charge in [0.1, 0.15) is 4.47 Å². The molecule has 106 valence electrons. The Morgan fingerprint density at radius 3 is 3.05 bits per heavy atom. The van der Waals surface area contributed by atoms with Crippen LogP contribution < -0.4 is 10.9 Å². The highest BCUT2D eigenvalue weighted by Gasteiger charge is 2.37. The molecule has 1 aromatic rings. The van der Waals surface area contributed by atoms with Crippen LogP contribution in [0, 0.1) is 0 Å². The third-order valence-corrected chi connectivity index (χ3v) is 4.37. The summed E-state index contributed by atoms with van der Waals surface area (Å²) in [5, 5.41) is 16.2. The minimum Gasteiger partial charge on any atom is -0.394 e. The van der Waals surface area contributed by atoms with E-state index < -0.39 is 0 Å². The summed E-state index contributed by atoms with van der Waals surface area (Å²) in [5.41, 5.74) is 0.188. The second kappa shape index (κ2) is 5.60. The monoisotopic (exact) mass is 331 g/mol. The molecule has 6 nitrogen and oxygen atoms in total. The number of halogens is 1. The lowest BCUT2D eigenvalue weighted by molar-refractivity contribution is 0.105. The number of ether oxygens (including phenoxy) is 1. The summed E-state index contributed by atoms with van der Waals surface area (Å²) in [5.74, 6) is 0. The minimum absolute atomic E-state index is 0.0688. The van der Waals surface area contributed by atoms with Gasteiger partial charge in [-0.3, -0.25) is 4.79 Å². The first kappa shape index (κ1) is 14.5. The largest absolute Gasteiger partial charge is 0.394 e. The zero-order valence-electron chi connectivity index (χ0n) is 11.0. The molecule has 0 aliphatic carbocycles. The lowest BCUT2D eigenvalue weighted by Crippen LogP contribution is -2.42. The van der Waals surface area contributed by atoms with Gasteiger partial charge in [-0.05, 0) is 36.2 Å². The molecule has 0 spiro atoms. The molecule has 1 aromatic heterocycles. The number of hydrogen-bond acceptors (Lipinski definition) is 5. The van der Waals surface area contributed by atoms with E-state index in [9.17, 15) is 4.79 Å². The lowest BCUT2D eigenvalue weighted by Gasteiger charge is -2.30. The normalized spacial score (nSPS) is 26.6. The summed E-state index contributed by atoms with van der Waals surface area (Å²) in [6, 6.07) is 0. The zero-order chi connectivity index (χ0) is 14.0. The van der Waals surface area contributed by atoms with Gasteiger partial charge < -0.3 is 15.2 Å². The molecule has 0 amide bonds. The minimum atomic E-state index is -0.255. The second-order valence-electron chi connectivity index (χ2n) is 4.93. The van der Waals surface area contributed by atoms with E-state index in [0.29, 0.717) is 16.8 Å². The summed E-state index contributed by atoms with van der Waals surface area (Å²) >= 11 is 3.29. The van der Waals surface area contributed by atoms with Gasteiger partial charge in [-0.25, -0.2) is 4.68 Å². The number of rotatable bonds is 4. The van der Waals surface area contributed by atoms with Crippen LogP contribution >= 0.6 is 15.9 Å². The van der Waals surface area contributed by atoms with Crippen LogP contribution in [0.2, 0.25) is 0 Å². The van der Waals surface area contributed by atoms with E-state index in [1.54, 1.807) is 6.20 Å². The van der Waals surface area contributed by atoms with Crippen molar-refractivity contribution in [2.45, 2.75) is 38.5 Å². The van der Waals surface area contributed by atoms with Crippen molar-refractivity contribution in [3.8, 4) is 0 Å². The van der Waals surface area contributed by atoms with Crippen molar-refractivity contribution in [1.82, 2.24) is 9.78 Å². The molecule has 0 bridgehead atoms. The Kier molecular flexibility index (Phi) is 4.27. The number of aromatic nitrogens is 2. The fraction of sp³-hybridized carbons (Fsp3) is 0.667. The smallest absolute Gasteiger partial charge is 0.283 e. The molecule has 1 fully saturated rings. The maximum Gasteiger partial charge on any atom is 0.283 e. The highest BCUT2D eigenvalue weighted by Crippen LogP contribution is 2.31. The highest BCUT2D eigenvalue weighted by molar-refractivity contribution is 9.10. The van der Waals surface area contributed by atoms with Crippen molar-refractivity contribution >= 4 is 21.6 Å². The molecule has 1 aliphatic heterocycles. The first-order chi connectivity index (χ1) is 8.98. The molecule has 0 radical (unpaired) electrons. The molecule has 7 heteroatoms. The van der Waals surface area contributed by atoms with Gasteiger partial charge in [0.25, 0.3) is 5.56 Å². The van der Waals surface area contributed by atoms with E-state index in [2.05, 4.69) is 33.3 Å². The molecule has 2 unspecified atom stereocenters. The third-order valence-electron chi connectivity index (χ3n) is 3.60. The van der Waals surface area contributed by atoms with Gasteiger partial charge in [-0.1, -0.05) is 0 Å². The molecule has 2 rings (SSSR count). The first-order valence-electron chi connectivity index (χ1n) is 6.24. The molecule has 2 heterocycles. The summed E-state index contributed by atoms with van der Waals surface area (Å²) in [4.78, 5) is 12.0. The van der Waals surface area contributed by atoms with Gasteiger partial charge in [0.15, 0.2) is 0 Å². The summed E-state index contributed by atoms with van der Waals surface area (Å²) < 4.78 is 7.21. The van der Waals surface area contributed by atoms with Gasteiger partial charge in [-0.15, -0.1) is 0 Å². The van der Waals surface area contributed by atoms with Crippen molar-refractivity contribution in [3.05, 3.63) is 21.0 Å². The molecule has 0 saturated carbocycles. The van der Waals surface area contributed by atoms with Crippen molar-refractivity contribution in [3.63, 3.8) is 0 Å². The number of aliphatic hydroxyl groups is 1. The van der Waals surface area contributed by atoms with Crippen LogP contribution in [0.4, 0.5) is 5.69 Å². The Morgan fingerprint density at radius 2 is 2.47 bits per heavy atom. The highest BCUT2D eigenvalue weighted by atomic mass is 79.9. The number of nitrogens with one attached hydrogen (secondary N) is 1. The molecular formula is C12H18BrN3O3. The second-order valence-corrected chi connectivity index (χ2v) is 5.72. The average molecular weight is 332 g/mol. The standard InChI is InChI=1S/C12H18BrN3O3/c1-8-12(2,3-6-19-8)15-9-7-14-16(4-5-17)11(18)10(9)13/h7-8,15,17H,3-6H2,1-2H3. The fourth-order valence-corrected chi connectivity index (χ4v) is 2.52. The molecule has 0 aromatic carbocycles. The quantitative estimate of drug-likeness (QED) is 0.860. The molecule has 1 saturated heterocycles. The van der Waals surface area contributed by atoms with Crippen LogP contribution in [0.1, 0.15) is 20.3 Å². The Bertz CT molecular complexity index is 519. The van der Waals surface area contributed by atoms with Crippen LogP contribution in [-0.4, -0.2) is 39.7 Å². The van der Waals surface area contributed by atoms with Crippen LogP contribution in [0.3, 0.4) is 0 Å². The Hall–Kier alpha value is -0.920. The number of aliphatic hydroxyl groups excluding tert-OH is 1. The number of hydrogen-bond donors (Lipinski definition) is 2. The molecule has 19 heavy (non-hydrogen) atoms. The van der Waals surface area contributed by atoms with Crippen LogP contribution in [0.25, 0.3) is 0 Å². The topological polar surface area (TPSA) is 76.4 Å². The lowest BCUT2D eigenvalue weighted by atomic mass is 9.94. The van der Waals surface area contributed by atoms with Gasteiger partial charge >= 0.3 is 0 Å². The van der Waals surface area contributed by atoms with Crippen molar-refractivity contribution in [2.24, 2.45) is 0 Å². The average Bonchev–Trinajstić information content (AvgIpc) is 2.70. The van der Waals surface area contributed by atoms with E-state index in [1.165, 1.54) is 4.68 Å². The maximum atomic E-state index is 12.0. The Balaban J connectivity index is 2.27. The molecular weight excluding hydrogens is 314 g/mol. The number of anilines is 1. The van der Waals surface area contributed by atoms with E-state index in [4.69, 9.17) is 9.84 Å². The fourth-order valence-electron chi connectivity index (χ4n) is 2.11. The van der Waals surface area contributed by atoms with Crippen molar-refractivity contribution < 1.29 is 9.84 Å². The molecule has 2 N–H and O–H groups in total. The van der Waals surface area contributed by atoms with Gasteiger partial charge in [0.05, 0.1) is 36.7 Å². The van der Waals surface area contributed by atoms with Gasteiger partial charge in [0, 0.05) is 6.61 Å². The zero-order valence-corrected chi connectivity index (χ0v) is 12.6. The summed E-state index contributed by atoms with van der Waals surface area (Å²) in [7, 11) is 0. The first-order valence-corrected chi connectivity index (χ1v) is 7.03. The predicted molar refractivity (Wildman–Crippen MR) is 75.3 cm³/mol. The SMILES string of the molecule is CC1OCCC1(C)Nc1cnn(CCO)c(=O)c1Br. The van der Waals surface area contributed by atoms with Crippen LogP contribution in [0.5, 0.6) is 0 Å².